The number of benzene rings is 2. The lowest BCUT2D eigenvalue weighted by Gasteiger charge is -2.20. The van der Waals surface area contributed by atoms with Crippen molar-refractivity contribution in [3.05, 3.63) is 71.3 Å². The van der Waals surface area contributed by atoms with Crippen LogP contribution in [0.4, 0.5) is 0 Å². The molecule has 0 bridgehead atoms. The van der Waals surface area contributed by atoms with Crippen LogP contribution >= 0.6 is 0 Å². The number of aryl methyl sites for hydroxylation is 1. The van der Waals surface area contributed by atoms with E-state index in [4.69, 9.17) is 0 Å². The maximum Gasteiger partial charge on any atom is 0.120 e. The molecule has 2 heteroatoms. The number of rotatable bonds is 8. The van der Waals surface area contributed by atoms with Crippen molar-refractivity contribution >= 4 is 6.29 Å². The molecule has 0 aromatic heterocycles. The molecule has 0 aliphatic rings. The lowest BCUT2D eigenvalue weighted by Crippen LogP contribution is -2.30. The number of hydrogen-bond donors (Lipinski definition) is 1. The molecule has 0 aliphatic heterocycles. The average molecular weight is 295 g/mol. The molecule has 2 aromatic carbocycles. The van der Waals surface area contributed by atoms with E-state index in [1.54, 1.807) is 0 Å². The van der Waals surface area contributed by atoms with E-state index in [0.29, 0.717) is 18.5 Å². The van der Waals surface area contributed by atoms with Gasteiger partial charge in [-0.2, -0.15) is 0 Å². The maximum absolute atomic E-state index is 10.5. The number of carbonyl (C=O) groups excluding carboxylic acids is 1. The van der Waals surface area contributed by atoms with Crippen LogP contribution in [0.3, 0.4) is 0 Å². The Kier molecular flexibility index (Phi) is 6.35. The van der Waals surface area contributed by atoms with Crippen molar-refractivity contribution in [2.45, 2.75) is 45.2 Å². The van der Waals surface area contributed by atoms with Gasteiger partial charge in [0.2, 0.25) is 0 Å². The van der Waals surface area contributed by atoms with E-state index in [1.165, 1.54) is 16.7 Å². The van der Waals surface area contributed by atoms with E-state index in [2.05, 4.69) is 67.7 Å². The van der Waals surface area contributed by atoms with Gasteiger partial charge in [-0.1, -0.05) is 54.6 Å². The van der Waals surface area contributed by atoms with E-state index in [1.807, 2.05) is 6.07 Å². The van der Waals surface area contributed by atoms with Crippen LogP contribution in [-0.2, 0) is 17.6 Å². The standard InChI is InChI=1S/C20H25NO/c1-16(21-17(2)20-11-4-3-5-12-20)14-19-9-6-8-18(15-19)10-7-13-22/h3-6,8-9,11-13,15-17,21H,7,10,14H2,1-2H3/t16-,17-/m1/s1. The fraction of sp³-hybridized carbons (Fsp3) is 0.350. The van der Waals surface area contributed by atoms with Gasteiger partial charge >= 0.3 is 0 Å². The summed E-state index contributed by atoms with van der Waals surface area (Å²) in [6, 6.07) is 19.8. The van der Waals surface area contributed by atoms with Gasteiger partial charge in [0.15, 0.2) is 0 Å². The third kappa shape index (κ3) is 5.12. The van der Waals surface area contributed by atoms with Crippen molar-refractivity contribution < 1.29 is 4.79 Å². The Morgan fingerprint density at radius 1 is 1.00 bits per heavy atom. The highest BCUT2D eigenvalue weighted by molar-refractivity contribution is 5.50. The number of nitrogens with one attached hydrogen (secondary N) is 1. The summed E-state index contributed by atoms with van der Waals surface area (Å²) in [6.45, 7) is 4.42. The van der Waals surface area contributed by atoms with Gasteiger partial charge in [-0.05, 0) is 43.4 Å². The van der Waals surface area contributed by atoms with Crippen LogP contribution in [0.15, 0.2) is 54.6 Å². The first-order chi connectivity index (χ1) is 10.7. The highest BCUT2D eigenvalue weighted by Gasteiger charge is 2.10. The van der Waals surface area contributed by atoms with Crippen LogP contribution in [0.25, 0.3) is 0 Å². The first-order valence-electron chi connectivity index (χ1n) is 8.01. The van der Waals surface area contributed by atoms with Crippen molar-refractivity contribution in [1.82, 2.24) is 5.32 Å². The first kappa shape index (κ1) is 16.4. The summed E-state index contributed by atoms with van der Waals surface area (Å²) in [5, 5.41) is 3.65. The molecule has 2 aromatic rings. The van der Waals surface area contributed by atoms with Crippen LogP contribution in [0.1, 0.15) is 43.0 Å². The molecule has 0 heterocycles. The fourth-order valence-corrected chi connectivity index (χ4v) is 2.81. The van der Waals surface area contributed by atoms with Crippen molar-refractivity contribution in [3.63, 3.8) is 0 Å². The van der Waals surface area contributed by atoms with E-state index >= 15 is 0 Å². The SMILES string of the molecule is C[C@H](Cc1cccc(CCC=O)c1)N[C@H](C)c1ccccc1. The summed E-state index contributed by atoms with van der Waals surface area (Å²) in [7, 11) is 0. The molecule has 2 rings (SSSR count). The molecule has 116 valence electrons. The average Bonchev–Trinajstić information content (AvgIpc) is 2.54. The molecule has 22 heavy (non-hydrogen) atoms. The summed E-state index contributed by atoms with van der Waals surface area (Å²) in [6.07, 6.45) is 3.41. The zero-order valence-corrected chi connectivity index (χ0v) is 13.5. The van der Waals surface area contributed by atoms with Gasteiger partial charge in [-0.25, -0.2) is 0 Å². The Balaban J connectivity index is 1.91. The van der Waals surface area contributed by atoms with Gasteiger partial charge in [0.05, 0.1) is 0 Å². The Hall–Kier alpha value is -1.93. The molecule has 2 atom stereocenters. The zero-order valence-electron chi connectivity index (χ0n) is 13.5. The third-order valence-corrected chi connectivity index (χ3v) is 3.92. The molecule has 0 aliphatic carbocycles. The number of carbonyl (C=O) groups is 1. The minimum Gasteiger partial charge on any atom is -0.307 e. The quantitative estimate of drug-likeness (QED) is 0.743. The smallest absolute Gasteiger partial charge is 0.120 e. The fourth-order valence-electron chi connectivity index (χ4n) is 2.81. The van der Waals surface area contributed by atoms with E-state index in [-0.39, 0.29) is 0 Å². The van der Waals surface area contributed by atoms with E-state index in [9.17, 15) is 4.79 Å². The Bertz CT molecular complexity index is 579. The van der Waals surface area contributed by atoms with Crippen molar-refractivity contribution in [2.24, 2.45) is 0 Å². The second kappa shape index (κ2) is 8.50. The largest absolute Gasteiger partial charge is 0.307 e. The molecule has 0 amide bonds. The summed E-state index contributed by atoms with van der Waals surface area (Å²) >= 11 is 0. The molecule has 0 saturated heterocycles. The topological polar surface area (TPSA) is 29.1 Å². The highest BCUT2D eigenvalue weighted by atomic mass is 16.1. The predicted molar refractivity (Wildman–Crippen MR) is 92.0 cm³/mol. The minimum absolute atomic E-state index is 0.342. The predicted octanol–water partition coefficient (Wildman–Crippen LogP) is 4.10. The van der Waals surface area contributed by atoms with Crippen LogP contribution in [0.2, 0.25) is 0 Å². The summed E-state index contributed by atoms with van der Waals surface area (Å²) in [5.41, 5.74) is 3.88. The lowest BCUT2D eigenvalue weighted by atomic mass is 10.0. The van der Waals surface area contributed by atoms with Crippen LogP contribution < -0.4 is 5.32 Å². The monoisotopic (exact) mass is 295 g/mol. The molecule has 0 saturated carbocycles. The normalized spacial score (nSPS) is 13.5. The van der Waals surface area contributed by atoms with Crippen molar-refractivity contribution in [3.8, 4) is 0 Å². The Labute approximate surface area is 133 Å². The molecular formula is C20H25NO. The minimum atomic E-state index is 0.342. The molecule has 0 fully saturated rings. The Morgan fingerprint density at radius 3 is 2.45 bits per heavy atom. The van der Waals surface area contributed by atoms with Crippen molar-refractivity contribution in [2.75, 3.05) is 0 Å². The third-order valence-electron chi connectivity index (χ3n) is 3.92. The van der Waals surface area contributed by atoms with Gasteiger partial charge < -0.3 is 10.1 Å². The van der Waals surface area contributed by atoms with Crippen LogP contribution in [0.5, 0.6) is 0 Å². The Morgan fingerprint density at radius 2 is 1.73 bits per heavy atom. The van der Waals surface area contributed by atoms with Crippen LogP contribution in [0, 0.1) is 0 Å². The zero-order chi connectivity index (χ0) is 15.8. The lowest BCUT2D eigenvalue weighted by molar-refractivity contribution is -0.107. The summed E-state index contributed by atoms with van der Waals surface area (Å²) in [4.78, 5) is 10.5. The van der Waals surface area contributed by atoms with Gasteiger partial charge in [0.25, 0.3) is 0 Å². The summed E-state index contributed by atoms with van der Waals surface area (Å²) in [5.74, 6) is 0. The maximum atomic E-state index is 10.5. The molecule has 0 spiro atoms. The van der Waals surface area contributed by atoms with E-state index in [0.717, 1.165) is 19.1 Å². The van der Waals surface area contributed by atoms with Gasteiger partial charge in [-0.15, -0.1) is 0 Å². The molecule has 2 nitrogen and oxygen atoms in total. The first-order valence-corrected chi connectivity index (χ1v) is 8.01. The summed E-state index contributed by atoms with van der Waals surface area (Å²) < 4.78 is 0. The highest BCUT2D eigenvalue weighted by Crippen LogP contribution is 2.14. The number of aldehydes is 1. The second-order valence-electron chi connectivity index (χ2n) is 5.93. The van der Waals surface area contributed by atoms with Gasteiger partial charge in [-0.3, -0.25) is 0 Å². The molecule has 0 unspecified atom stereocenters. The number of hydrogen-bond acceptors (Lipinski definition) is 2. The van der Waals surface area contributed by atoms with Crippen molar-refractivity contribution in [1.29, 1.82) is 0 Å². The molecule has 1 N–H and O–H groups in total. The molecular weight excluding hydrogens is 270 g/mol. The van der Waals surface area contributed by atoms with Gasteiger partial charge in [0.1, 0.15) is 6.29 Å². The van der Waals surface area contributed by atoms with E-state index < -0.39 is 0 Å². The molecule has 0 radical (unpaired) electrons. The van der Waals surface area contributed by atoms with Crippen LogP contribution in [-0.4, -0.2) is 12.3 Å². The van der Waals surface area contributed by atoms with Gasteiger partial charge in [0, 0.05) is 18.5 Å². The second-order valence-corrected chi connectivity index (χ2v) is 5.93.